The Morgan fingerprint density at radius 2 is 1.29 bits per heavy atom. The van der Waals surface area contributed by atoms with Gasteiger partial charge in [-0.1, -0.05) is 70.7 Å². The van der Waals surface area contributed by atoms with E-state index in [-0.39, 0.29) is 17.5 Å². The van der Waals surface area contributed by atoms with Crippen molar-refractivity contribution in [1.29, 1.82) is 0 Å². The van der Waals surface area contributed by atoms with E-state index < -0.39 is 0 Å². The number of allylic oxidation sites excluding steroid dienone is 1. The van der Waals surface area contributed by atoms with Crippen LogP contribution in [0.1, 0.15) is 59.5 Å². The fourth-order valence-corrected chi connectivity index (χ4v) is 7.59. The molecule has 0 aliphatic heterocycles. The lowest BCUT2D eigenvalue weighted by atomic mass is 9.92. The Balaban J connectivity index is 1.25. The fourth-order valence-electron chi connectivity index (χ4n) is 6.11. The molecule has 0 atom stereocenters. The van der Waals surface area contributed by atoms with Crippen molar-refractivity contribution in [3.63, 3.8) is 0 Å². The quantitative estimate of drug-likeness (QED) is 0.0708. The minimum Gasteiger partial charge on any atom is -0.508 e. The summed E-state index contributed by atoms with van der Waals surface area (Å²) < 4.78 is 0. The SMILES string of the molecule is C=C(c1csc(CNc2cc(NCc3nc(C(=O)C(C)C)cs3)c3ccc4cc(NCc5ccc(O)cc5)cc5ccc2c3c54)n1)C(C)C. The smallest absolute Gasteiger partial charge is 0.184 e. The molecule has 0 spiro atoms. The topological polar surface area (TPSA) is 99.2 Å². The van der Waals surface area contributed by atoms with E-state index in [4.69, 9.17) is 4.98 Å². The largest absolute Gasteiger partial charge is 0.508 e. The van der Waals surface area contributed by atoms with Crippen LogP contribution in [0.15, 0.2) is 84.1 Å². The van der Waals surface area contributed by atoms with Gasteiger partial charge in [0.2, 0.25) is 0 Å². The summed E-state index contributed by atoms with van der Waals surface area (Å²) >= 11 is 3.16. The Labute approximate surface area is 294 Å². The number of phenols is 1. The van der Waals surface area contributed by atoms with Gasteiger partial charge in [0.1, 0.15) is 21.5 Å². The number of carbonyl (C=O) groups is 1. The van der Waals surface area contributed by atoms with Crippen LogP contribution in [0.25, 0.3) is 37.9 Å². The Morgan fingerprint density at radius 1 is 0.714 bits per heavy atom. The van der Waals surface area contributed by atoms with Crippen LogP contribution < -0.4 is 16.0 Å². The number of hydrogen-bond acceptors (Lipinski definition) is 9. The van der Waals surface area contributed by atoms with Gasteiger partial charge in [-0.25, -0.2) is 9.97 Å². The minimum absolute atomic E-state index is 0.0657. The average Bonchev–Trinajstić information content (AvgIpc) is 3.78. The fraction of sp³-hybridized carbons (Fsp3) is 0.225. The highest BCUT2D eigenvalue weighted by Gasteiger charge is 2.18. The lowest BCUT2D eigenvalue weighted by Gasteiger charge is -2.19. The second-order valence-electron chi connectivity index (χ2n) is 13.0. The van der Waals surface area contributed by atoms with E-state index in [0.717, 1.165) is 65.5 Å². The van der Waals surface area contributed by atoms with Gasteiger partial charge in [-0.2, -0.15) is 0 Å². The molecular formula is C40H39N5O2S2. The van der Waals surface area contributed by atoms with Gasteiger partial charge in [0.05, 0.1) is 18.8 Å². The Bertz CT molecular complexity index is 2170. The number of rotatable bonds is 13. The standard InChI is InChI=1S/C40H39N5O2S2/c1-22(2)24(5)34-20-48-36(44-34)18-42-32-16-33(43-19-37-45-35(21-49-37)40(47)23(3)4)31-13-9-27-15-28(41-17-25-6-10-29(46)11-7-25)14-26-8-12-30(32)39(31)38(26)27/h6-16,20-23,41-43,46H,5,17-19H2,1-4H3. The zero-order valence-corrected chi connectivity index (χ0v) is 29.7. The highest BCUT2D eigenvalue weighted by molar-refractivity contribution is 7.10. The summed E-state index contributed by atoms with van der Waals surface area (Å²) in [6, 6.07) is 22.7. The van der Waals surface area contributed by atoms with E-state index in [9.17, 15) is 9.90 Å². The van der Waals surface area contributed by atoms with Crippen LogP contribution in [-0.4, -0.2) is 20.9 Å². The summed E-state index contributed by atoms with van der Waals surface area (Å²) in [6.45, 7) is 14.1. The van der Waals surface area contributed by atoms with Gasteiger partial charge in [0, 0.05) is 56.4 Å². The third kappa shape index (κ3) is 6.69. The Morgan fingerprint density at radius 3 is 1.86 bits per heavy atom. The summed E-state index contributed by atoms with van der Waals surface area (Å²) in [4.78, 5) is 22.1. The lowest BCUT2D eigenvalue weighted by Crippen LogP contribution is -2.08. The first-order chi connectivity index (χ1) is 23.6. The molecule has 5 aromatic carbocycles. The number of carbonyl (C=O) groups excluding carboxylic acids is 1. The molecule has 7 rings (SSSR count). The third-order valence-corrected chi connectivity index (χ3v) is 10.6. The van der Waals surface area contributed by atoms with Crippen molar-refractivity contribution < 1.29 is 9.90 Å². The van der Waals surface area contributed by atoms with E-state index >= 15 is 0 Å². The number of anilines is 3. The molecule has 7 aromatic rings. The highest BCUT2D eigenvalue weighted by Crippen LogP contribution is 2.43. The number of phenolic OH excluding ortho intramolecular Hbond substituents is 1. The molecule has 0 amide bonds. The van der Waals surface area contributed by atoms with Crippen molar-refractivity contribution in [2.24, 2.45) is 11.8 Å². The van der Waals surface area contributed by atoms with Gasteiger partial charge in [-0.15, -0.1) is 22.7 Å². The van der Waals surface area contributed by atoms with Gasteiger partial charge in [0.25, 0.3) is 0 Å². The predicted octanol–water partition coefficient (Wildman–Crippen LogP) is 10.5. The van der Waals surface area contributed by atoms with Gasteiger partial charge in [-0.3, -0.25) is 4.79 Å². The Hall–Kier alpha value is -4.99. The van der Waals surface area contributed by atoms with E-state index in [0.29, 0.717) is 31.2 Å². The first-order valence-electron chi connectivity index (χ1n) is 16.5. The first-order valence-corrected chi connectivity index (χ1v) is 18.3. The number of hydrogen-bond donors (Lipinski definition) is 4. The zero-order chi connectivity index (χ0) is 34.2. The minimum atomic E-state index is -0.0880. The summed E-state index contributed by atoms with van der Waals surface area (Å²) in [5.74, 6) is 0.585. The Kier molecular flexibility index (Phi) is 8.96. The number of aromatic hydroxyl groups is 1. The molecule has 0 saturated carbocycles. The van der Waals surface area contributed by atoms with E-state index in [1.165, 1.54) is 22.1 Å². The average molecular weight is 686 g/mol. The summed E-state index contributed by atoms with van der Waals surface area (Å²) in [6.07, 6.45) is 0. The van der Waals surface area contributed by atoms with Crippen LogP contribution in [0.5, 0.6) is 5.75 Å². The number of ketones is 1. The molecule has 0 unspecified atom stereocenters. The number of aromatic nitrogens is 2. The van der Waals surface area contributed by atoms with E-state index in [1.54, 1.807) is 23.5 Å². The molecular weight excluding hydrogens is 647 g/mol. The third-order valence-electron chi connectivity index (χ3n) is 8.92. The lowest BCUT2D eigenvalue weighted by molar-refractivity contribution is 0.0935. The number of benzene rings is 5. The van der Waals surface area contributed by atoms with Crippen molar-refractivity contribution in [1.82, 2.24) is 9.97 Å². The second-order valence-corrected chi connectivity index (χ2v) is 14.9. The van der Waals surface area contributed by atoms with Crippen molar-refractivity contribution in [3.05, 3.63) is 111 Å². The normalized spacial score (nSPS) is 11.7. The van der Waals surface area contributed by atoms with Crippen LogP contribution in [-0.2, 0) is 19.6 Å². The molecule has 9 heteroatoms. The van der Waals surface area contributed by atoms with Gasteiger partial charge in [-0.05, 0) is 63.5 Å². The molecule has 0 saturated heterocycles. The zero-order valence-electron chi connectivity index (χ0n) is 28.1. The molecule has 4 N–H and O–H groups in total. The maximum Gasteiger partial charge on any atom is 0.184 e. The molecule has 0 radical (unpaired) electrons. The van der Waals surface area contributed by atoms with Crippen LogP contribution in [0.2, 0.25) is 0 Å². The molecule has 0 aliphatic carbocycles. The second kappa shape index (κ2) is 13.5. The van der Waals surface area contributed by atoms with Crippen molar-refractivity contribution in [2.45, 2.75) is 47.3 Å². The molecule has 0 fully saturated rings. The molecule has 2 aromatic heterocycles. The van der Waals surface area contributed by atoms with Gasteiger partial charge in [0.15, 0.2) is 5.78 Å². The molecule has 0 aliphatic rings. The van der Waals surface area contributed by atoms with Crippen molar-refractivity contribution in [2.75, 3.05) is 16.0 Å². The van der Waals surface area contributed by atoms with E-state index in [2.05, 4.69) is 89.2 Å². The monoisotopic (exact) mass is 685 g/mol. The summed E-state index contributed by atoms with van der Waals surface area (Å²) in [5, 5.41) is 33.4. The summed E-state index contributed by atoms with van der Waals surface area (Å²) in [5.41, 5.74) is 6.70. The van der Waals surface area contributed by atoms with Crippen molar-refractivity contribution >= 4 is 83.4 Å². The van der Waals surface area contributed by atoms with Crippen LogP contribution in [0.4, 0.5) is 17.1 Å². The van der Waals surface area contributed by atoms with E-state index in [1.807, 2.05) is 31.4 Å². The number of nitrogens with zero attached hydrogens (tertiary/aromatic N) is 2. The van der Waals surface area contributed by atoms with Gasteiger partial charge < -0.3 is 21.1 Å². The summed E-state index contributed by atoms with van der Waals surface area (Å²) in [7, 11) is 0. The molecule has 0 bridgehead atoms. The maximum atomic E-state index is 12.5. The van der Waals surface area contributed by atoms with Crippen LogP contribution >= 0.6 is 22.7 Å². The molecule has 49 heavy (non-hydrogen) atoms. The molecule has 248 valence electrons. The number of nitrogens with one attached hydrogen (secondary N) is 3. The predicted molar refractivity (Wildman–Crippen MR) is 208 cm³/mol. The van der Waals surface area contributed by atoms with Crippen molar-refractivity contribution in [3.8, 4) is 5.75 Å². The molecule has 7 nitrogen and oxygen atoms in total. The number of thiazole rings is 2. The highest BCUT2D eigenvalue weighted by atomic mass is 32.1. The molecule has 2 heterocycles. The first kappa shape index (κ1) is 32.6. The van der Waals surface area contributed by atoms with Gasteiger partial charge >= 0.3 is 0 Å². The van der Waals surface area contributed by atoms with Crippen LogP contribution in [0, 0.1) is 11.8 Å². The maximum absolute atomic E-state index is 12.5. The van der Waals surface area contributed by atoms with Crippen LogP contribution in [0.3, 0.4) is 0 Å². The number of Topliss-reactive ketones (excluding diaryl/α,β-unsaturated/α-hetero) is 1.